The van der Waals surface area contributed by atoms with Gasteiger partial charge < -0.3 is 5.32 Å². The minimum atomic E-state index is 0.656. The number of nitrogens with one attached hydrogen (secondary N) is 1. The molecule has 1 N–H and O–H groups in total. The van der Waals surface area contributed by atoms with Crippen LogP contribution < -0.4 is 10.00 Å². The van der Waals surface area contributed by atoms with Crippen LogP contribution >= 0.6 is 11.3 Å². The molecule has 0 aliphatic heterocycles. The van der Waals surface area contributed by atoms with Crippen LogP contribution in [0, 0.1) is 11.3 Å². The van der Waals surface area contributed by atoms with Crippen LogP contribution in [0.1, 0.15) is 16.1 Å². The summed E-state index contributed by atoms with van der Waals surface area (Å²) in [6.45, 7) is 0. The SMILES string of the molecule is N#Cc1ccc(/C=C/c2sc(Nc3ccccc3)n[n+]2-c2ccccc2)cc1. The van der Waals surface area contributed by atoms with Crippen LogP contribution in [0.15, 0.2) is 84.9 Å². The van der Waals surface area contributed by atoms with Gasteiger partial charge in [-0.2, -0.15) is 5.26 Å². The van der Waals surface area contributed by atoms with Crippen LogP contribution in [0.5, 0.6) is 0 Å². The van der Waals surface area contributed by atoms with Crippen LogP contribution in [0.2, 0.25) is 0 Å². The Morgan fingerprint density at radius 1 is 0.857 bits per heavy atom. The average molecular weight is 381 g/mol. The average Bonchev–Trinajstić information content (AvgIpc) is 3.16. The first kappa shape index (κ1) is 17.7. The molecule has 0 spiro atoms. The normalized spacial score (nSPS) is 10.7. The summed E-state index contributed by atoms with van der Waals surface area (Å²) in [6.07, 6.45) is 4.07. The molecule has 4 rings (SSSR count). The van der Waals surface area contributed by atoms with Crippen LogP contribution in [0.3, 0.4) is 0 Å². The summed E-state index contributed by atoms with van der Waals surface area (Å²) in [5, 5.41) is 18.9. The van der Waals surface area contributed by atoms with Crippen molar-refractivity contribution < 1.29 is 4.68 Å². The molecule has 0 fully saturated rings. The van der Waals surface area contributed by atoms with Crippen molar-refractivity contribution in [2.24, 2.45) is 0 Å². The molecule has 0 aliphatic carbocycles. The molecule has 0 aliphatic rings. The molecule has 0 atom stereocenters. The van der Waals surface area contributed by atoms with Gasteiger partial charge in [-0.3, -0.25) is 0 Å². The van der Waals surface area contributed by atoms with Crippen molar-refractivity contribution in [3.05, 3.63) is 101 Å². The molecule has 1 aromatic heterocycles. The lowest BCUT2D eigenvalue weighted by atomic mass is 10.1. The zero-order valence-corrected chi connectivity index (χ0v) is 15.8. The molecule has 0 amide bonds. The highest BCUT2D eigenvalue weighted by Gasteiger charge is 2.20. The highest BCUT2D eigenvalue weighted by molar-refractivity contribution is 7.15. The van der Waals surface area contributed by atoms with E-state index in [1.54, 1.807) is 11.3 Å². The van der Waals surface area contributed by atoms with Gasteiger partial charge in [-0.1, -0.05) is 48.5 Å². The lowest BCUT2D eigenvalue weighted by Gasteiger charge is -1.97. The lowest BCUT2D eigenvalue weighted by Crippen LogP contribution is -2.35. The monoisotopic (exact) mass is 381 g/mol. The van der Waals surface area contributed by atoms with E-state index in [4.69, 9.17) is 10.4 Å². The van der Waals surface area contributed by atoms with Gasteiger partial charge in [-0.05, 0) is 51.9 Å². The van der Waals surface area contributed by atoms with Crippen molar-refractivity contribution in [1.82, 2.24) is 5.10 Å². The van der Waals surface area contributed by atoms with E-state index in [0.717, 1.165) is 27.1 Å². The first-order valence-electron chi connectivity index (χ1n) is 8.81. The third-order valence-electron chi connectivity index (χ3n) is 4.08. The number of hydrogen-bond donors (Lipinski definition) is 1. The predicted molar refractivity (Wildman–Crippen MR) is 113 cm³/mol. The number of anilines is 2. The molecule has 28 heavy (non-hydrogen) atoms. The van der Waals surface area contributed by atoms with Crippen molar-refractivity contribution in [3.63, 3.8) is 0 Å². The summed E-state index contributed by atoms with van der Waals surface area (Å²) < 4.78 is 1.93. The predicted octanol–water partition coefficient (Wildman–Crippen LogP) is 5.21. The van der Waals surface area contributed by atoms with Gasteiger partial charge in [-0.25, -0.2) is 0 Å². The van der Waals surface area contributed by atoms with E-state index in [0.29, 0.717) is 5.56 Å². The molecule has 0 saturated heterocycles. The molecular formula is C23H17N4S+. The van der Waals surface area contributed by atoms with Crippen LogP contribution in [0.25, 0.3) is 17.8 Å². The first-order valence-corrected chi connectivity index (χ1v) is 9.62. The smallest absolute Gasteiger partial charge is 0.297 e. The topological polar surface area (TPSA) is 52.6 Å². The lowest BCUT2D eigenvalue weighted by molar-refractivity contribution is -0.654. The summed E-state index contributed by atoms with van der Waals surface area (Å²) >= 11 is 1.58. The van der Waals surface area contributed by atoms with E-state index in [1.807, 2.05) is 102 Å². The van der Waals surface area contributed by atoms with E-state index in [9.17, 15) is 0 Å². The van der Waals surface area contributed by atoms with Crippen molar-refractivity contribution >= 4 is 34.3 Å². The first-order chi connectivity index (χ1) is 13.8. The number of nitriles is 1. The second kappa shape index (κ2) is 8.30. The molecule has 0 saturated carbocycles. The number of benzene rings is 3. The number of hydrogen-bond acceptors (Lipinski definition) is 4. The van der Waals surface area contributed by atoms with Crippen molar-refractivity contribution in [3.8, 4) is 11.8 Å². The Morgan fingerprint density at radius 3 is 2.21 bits per heavy atom. The molecule has 5 heteroatoms. The molecular weight excluding hydrogens is 364 g/mol. The van der Waals surface area contributed by atoms with E-state index >= 15 is 0 Å². The second-order valence-corrected chi connectivity index (χ2v) is 7.06. The Morgan fingerprint density at radius 2 is 1.54 bits per heavy atom. The zero-order valence-electron chi connectivity index (χ0n) is 15.0. The van der Waals surface area contributed by atoms with Gasteiger partial charge in [-0.15, -0.1) is 0 Å². The van der Waals surface area contributed by atoms with E-state index in [1.165, 1.54) is 0 Å². The summed E-state index contributed by atoms with van der Waals surface area (Å²) in [4.78, 5) is 0. The number of nitrogens with zero attached hydrogens (tertiary/aromatic N) is 3. The summed E-state index contributed by atoms with van der Waals surface area (Å²) in [6, 6.07) is 29.7. The molecule has 134 valence electrons. The molecule has 3 aromatic carbocycles. The maximum Gasteiger partial charge on any atom is 0.297 e. The quantitative estimate of drug-likeness (QED) is 0.483. The summed E-state index contributed by atoms with van der Waals surface area (Å²) in [7, 11) is 0. The third-order valence-corrected chi connectivity index (χ3v) is 4.98. The van der Waals surface area contributed by atoms with E-state index < -0.39 is 0 Å². The molecule has 0 bridgehead atoms. The number of rotatable bonds is 5. The van der Waals surface area contributed by atoms with Gasteiger partial charge >= 0.3 is 0 Å². The Kier molecular flexibility index (Phi) is 5.23. The fraction of sp³-hybridized carbons (Fsp3) is 0. The van der Waals surface area contributed by atoms with Gasteiger partial charge in [0.25, 0.3) is 10.1 Å². The van der Waals surface area contributed by atoms with Crippen molar-refractivity contribution in [2.45, 2.75) is 0 Å². The fourth-order valence-corrected chi connectivity index (χ4v) is 3.55. The van der Waals surface area contributed by atoms with Crippen molar-refractivity contribution in [2.75, 3.05) is 5.32 Å². The van der Waals surface area contributed by atoms with E-state index in [2.05, 4.69) is 11.4 Å². The highest BCUT2D eigenvalue weighted by Crippen LogP contribution is 2.22. The molecule has 0 unspecified atom stereocenters. The Bertz CT molecular complexity index is 1120. The van der Waals surface area contributed by atoms with Gasteiger partial charge in [0.15, 0.2) is 0 Å². The highest BCUT2D eigenvalue weighted by atomic mass is 32.1. The maximum absolute atomic E-state index is 8.94. The molecule has 1 heterocycles. The number of para-hydroxylation sites is 2. The Balaban J connectivity index is 1.67. The van der Waals surface area contributed by atoms with Crippen molar-refractivity contribution in [1.29, 1.82) is 5.26 Å². The van der Waals surface area contributed by atoms with Crippen LogP contribution in [-0.2, 0) is 0 Å². The molecule has 4 nitrogen and oxygen atoms in total. The second-order valence-electron chi connectivity index (χ2n) is 6.05. The Hall–Kier alpha value is -3.75. The van der Waals surface area contributed by atoms with Gasteiger partial charge in [0, 0.05) is 29.0 Å². The minimum Gasteiger partial charge on any atom is -0.327 e. The minimum absolute atomic E-state index is 0.656. The van der Waals surface area contributed by atoms with E-state index in [-0.39, 0.29) is 0 Å². The van der Waals surface area contributed by atoms with Gasteiger partial charge in [0.1, 0.15) is 0 Å². The largest absolute Gasteiger partial charge is 0.327 e. The van der Waals surface area contributed by atoms with Gasteiger partial charge in [0.05, 0.1) is 11.6 Å². The van der Waals surface area contributed by atoms with Crippen LogP contribution in [-0.4, -0.2) is 5.10 Å². The zero-order chi connectivity index (χ0) is 19.2. The molecule has 0 radical (unpaired) electrons. The third kappa shape index (κ3) is 4.14. The standard InChI is InChI=1S/C23H17N4S/c24-17-19-13-11-18(12-14-19)15-16-22-27(21-9-5-2-6-10-21)26-23(28-22)25-20-7-3-1-4-8-20/h1-16H,(H,25,26)/q+1/b16-15+. The number of aromatic nitrogens is 2. The Labute approximate surface area is 167 Å². The molecule has 4 aromatic rings. The van der Waals surface area contributed by atoms with Gasteiger partial charge in [0.2, 0.25) is 5.69 Å². The summed E-state index contributed by atoms with van der Waals surface area (Å²) in [5.74, 6) is 0. The van der Waals surface area contributed by atoms with Crippen LogP contribution in [0.4, 0.5) is 10.8 Å². The summed E-state index contributed by atoms with van der Waals surface area (Å²) in [5.41, 5.74) is 3.69. The maximum atomic E-state index is 8.94. The fourth-order valence-electron chi connectivity index (χ4n) is 2.69.